The van der Waals surface area contributed by atoms with E-state index in [1.807, 2.05) is 0 Å². The van der Waals surface area contributed by atoms with Gasteiger partial charge in [-0.2, -0.15) is 0 Å². The molecule has 4 atom stereocenters. The molecule has 2 aromatic rings. The maximum Gasteiger partial charge on any atom is 0.334 e. The number of rotatable bonds is 8. The number of methoxy groups -OCH3 is 5. The van der Waals surface area contributed by atoms with Crippen LogP contribution in [-0.4, -0.2) is 63.3 Å². The monoisotopic (exact) mass is 574 g/mol. The number of aromatic hydroxyl groups is 1. The molecule has 0 bridgehead atoms. The van der Waals surface area contributed by atoms with Crippen LogP contribution in [0, 0.1) is 5.92 Å². The Labute approximate surface area is 239 Å². The Morgan fingerprint density at radius 3 is 1.85 bits per heavy atom. The molecule has 0 fully saturated rings. The minimum absolute atomic E-state index is 0.0268. The molecule has 2 N–H and O–H groups in total. The van der Waals surface area contributed by atoms with Gasteiger partial charge in [-0.25, -0.2) is 4.79 Å². The van der Waals surface area contributed by atoms with Crippen LogP contribution in [0.25, 0.3) is 11.1 Å². The number of ether oxygens (including phenoxy) is 7. The van der Waals surface area contributed by atoms with Gasteiger partial charge in [-0.15, -0.1) is 0 Å². The molecule has 1 aliphatic carbocycles. The molecule has 0 saturated carbocycles. The second-order valence-corrected chi connectivity index (χ2v) is 9.84. The molecule has 224 valence electrons. The molecule has 0 aliphatic heterocycles. The number of aliphatic hydroxyl groups is 1. The van der Waals surface area contributed by atoms with Gasteiger partial charge < -0.3 is 43.4 Å². The summed E-state index contributed by atoms with van der Waals surface area (Å²) in [6.45, 7) is 7.63. The van der Waals surface area contributed by atoms with Crippen molar-refractivity contribution in [3.8, 4) is 45.6 Å². The van der Waals surface area contributed by atoms with E-state index in [1.54, 1.807) is 32.9 Å². The van der Waals surface area contributed by atoms with Crippen LogP contribution < -0.4 is 23.7 Å². The van der Waals surface area contributed by atoms with Gasteiger partial charge in [0.05, 0.1) is 35.5 Å². The van der Waals surface area contributed by atoms with Crippen molar-refractivity contribution in [3.63, 3.8) is 0 Å². The van der Waals surface area contributed by atoms with E-state index in [9.17, 15) is 19.8 Å². The highest BCUT2D eigenvalue weighted by Crippen LogP contribution is 2.60. The first-order chi connectivity index (χ1) is 19.3. The number of carbonyl (C=O) groups is 2. The highest BCUT2D eigenvalue weighted by atomic mass is 16.6. The summed E-state index contributed by atoms with van der Waals surface area (Å²) in [5.74, 6) is -1.96. The van der Waals surface area contributed by atoms with E-state index in [0.717, 1.165) is 0 Å². The quantitative estimate of drug-likeness (QED) is 0.336. The lowest BCUT2D eigenvalue weighted by molar-refractivity contribution is -0.182. The van der Waals surface area contributed by atoms with E-state index in [-0.39, 0.29) is 45.4 Å². The zero-order valence-electron chi connectivity index (χ0n) is 25.0. The third kappa shape index (κ3) is 5.33. The summed E-state index contributed by atoms with van der Waals surface area (Å²) in [5, 5.41) is 23.9. The van der Waals surface area contributed by atoms with Gasteiger partial charge in [-0.3, -0.25) is 4.79 Å². The van der Waals surface area contributed by atoms with Gasteiger partial charge in [-0.1, -0.05) is 13.0 Å². The number of benzene rings is 2. The average molecular weight is 575 g/mol. The number of fused-ring (bicyclic) bond motifs is 3. The van der Waals surface area contributed by atoms with Gasteiger partial charge in [0.25, 0.3) is 0 Å². The molecule has 1 aliphatic rings. The number of hydrogen-bond acceptors (Lipinski definition) is 11. The van der Waals surface area contributed by atoms with E-state index in [1.165, 1.54) is 55.5 Å². The lowest BCUT2D eigenvalue weighted by Crippen LogP contribution is -2.46. The number of esters is 2. The first kappa shape index (κ1) is 31.4. The molecule has 2 aromatic carbocycles. The zero-order chi connectivity index (χ0) is 30.8. The van der Waals surface area contributed by atoms with Crippen LogP contribution in [0.4, 0.5) is 0 Å². The maximum atomic E-state index is 13.2. The molecule has 0 unspecified atom stereocenters. The van der Waals surface area contributed by atoms with Gasteiger partial charge in [0.1, 0.15) is 11.7 Å². The summed E-state index contributed by atoms with van der Waals surface area (Å²) in [5.41, 5.74) is -0.736. The fourth-order valence-electron chi connectivity index (χ4n) is 5.10. The molecule has 11 heteroatoms. The van der Waals surface area contributed by atoms with Crippen LogP contribution in [0.15, 0.2) is 23.8 Å². The molecule has 0 amide bonds. The highest BCUT2D eigenvalue weighted by molar-refractivity contribution is 5.91. The molecule has 41 heavy (non-hydrogen) atoms. The fourth-order valence-corrected chi connectivity index (χ4v) is 5.10. The minimum atomic E-state index is -1.87. The van der Waals surface area contributed by atoms with Gasteiger partial charge >= 0.3 is 11.9 Å². The van der Waals surface area contributed by atoms with E-state index < -0.39 is 41.4 Å². The van der Waals surface area contributed by atoms with Gasteiger partial charge in [0, 0.05) is 40.7 Å². The van der Waals surface area contributed by atoms with Crippen molar-refractivity contribution in [2.75, 3.05) is 35.5 Å². The van der Waals surface area contributed by atoms with Crippen LogP contribution in [-0.2, 0) is 19.1 Å². The standard InChI is InChI=1S/C30H38O11/c1-11-14(2)29(33)41-28-18-13-19(35-6)25(37-8)23(32)21(18)22-17(12-20(36-7)26(38-9)27(22)39-10)24(40-16(4)31)15(3)30(28,5)34/h11-13,15,24,28,32,34H,1-10H3/t15-,24-,28-,30+/m1/s1. The largest absolute Gasteiger partial charge is 0.504 e. The van der Waals surface area contributed by atoms with Crippen LogP contribution in [0.5, 0.6) is 34.5 Å². The molecule has 0 saturated heterocycles. The maximum absolute atomic E-state index is 13.2. The third-order valence-corrected chi connectivity index (χ3v) is 7.55. The lowest BCUT2D eigenvalue weighted by atomic mass is 9.71. The Morgan fingerprint density at radius 2 is 1.37 bits per heavy atom. The van der Waals surface area contributed by atoms with Crippen molar-refractivity contribution in [3.05, 3.63) is 34.9 Å². The summed E-state index contributed by atoms with van der Waals surface area (Å²) in [6.07, 6.45) is -0.950. The van der Waals surface area contributed by atoms with Crippen LogP contribution in [0.1, 0.15) is 58.0 Å². The van der Waals surface area contributed by atoms with Crippen LogP contribution in [0.2, 0.25) is 0 Å². The van der Waals surface area contributed by atoms with E-state index in [2.05, 4.69) is 0 Å². The van der Waals surface area contributed by atoms with Crippen molar-refractivity contribution in [1.82, 2.24) is 0 Å². The zero-order valence-corrected chi connectivity index (χ0v) is 25.0. The first-order valence-electron chi connectivity index (χ1n) is 12.9. The summed E-state index contributed by atoms with van der Waals surface area (Å²) in [6, 6.07) is 3.11. The van der Waals surface area contributed by atoms with Crippen molar-refractivity contribution in [2.45, 2.75) is 52.4 Å². The Morgan fingerprint density at radius 1 is 0.829 bits per heavy atom. The Bertz CT molecular complexity index is 1360. The topological polar surface area (TPSA) is 139 Å². The fraction of sp³-hybridized carbons (Fsp3) is 0.467. The molecule has 3 rings (SSSR count). The van der Waals surface area contributed by atoms with Crippen molar-refractivity contribution < 1.29 is 53.0 Å². The Hall–Kier alpha value is -4.12. The first-order valence-corrected chi connectivity index (χ1v) is 12.9. The molecule has 0 radical (unpaired) electrons. The number of hydrogen-bond donors (Lipinski definition) is 2. The summed E-state index contributed by atoms with van der Waals surface area (Å²) < 4.78 is 39.8. The number of allylic oxidation sites excluding steroid dienone is 1. The normalized spacial score (nSPS) is 21.8. The van der Waals surface area contributed by atoms with Crippen molar-refractivity contribution in [1.29, 1.82) is 0 Å². The molecule has 0 spiro atoms. The number of phenols is 1. The molecular formula is C30H38O11. The molecule has 11 nitrogen and oxygen atoms in total. The minimum Gasteiger partial charge on any atom is -0.504 e. The van der Waals surface area contributed by atoms with E-state index in [4.69, 9.17) is 33.2 Å². The van der Waals surface area contributed by atoms with Crippen molar-refractivity contribution >= 4 is 11.9 Å². The predicted molar refractivity (Wildman–Crippen MR) is 149 cm³/mol. The number of carbonyl (C=O) groups excluding carboxylic acids is 2. The lowest BCUT2D eigenvalue weighted by Gasteiger charge is -2.43. The van der Waals surface area contributed by atoms with Gasteiger partial charge in [-0.05, 0) is 32.9 Å². The van der Waals surface area contributed by atoms with E-state index >= 15 is 0 Å². The van der Waals surface area contributed by atoms with Crippen LogP contribution >= 0.6 is 0 Å². The third-order valence-electron chi connectivity index (χ3n) is 7.55. The number of phenolic OH excluding ortho intramolecular Hbond substituents is 1. The van der Waals surface area contributed by atoms with Crippen molar-refractivity contribution in [2.24, 2.45) is 5.92 Å². The van der Waals surface area contributed by atoms with Gasteiger partial charge in [0.15, 0.2) is 29.1 Å². The second-order valence-electron chi connectivity index (χ2n) is 9.84. The van der Waals surface area contributed by atoms with Gasteiger partial charge in [0.2, 0.25) is 11.5 Å². The molecule has 0 aromatic heterocycles. The second kappa shape index (κ2) is 12.2. The van der Waals surface area contributed by atoms with Crippen LogP contribution in [0.3, 0.4) is 0 Å². The SMILES string of the molecule is CC=C(C)C(=O)O[C@@H]1c2cc(OC)c(OC)c(O)c2-c2c(cc(OC)c(OC)c2OC)[C@H](OC(C)=O)[C@@H](C)[C@]1(C)O. The Kier molecular flexibility index (Phi) is 9.33. The Balaban J connectivity index is 2.67. The average Bonchev–Trinajstić information content (AvgIpc) is 2.95. The summed E-state index contributed by atoms with van der Waals surface area (Å²) >= 11 is 0. The molecule has 0 heterocycles. The highest BCUT2D eigenvalue weighted by Gasteiger charge is 2.51. The predicted octanol–water partition coefficient (Wildman–Crippen LogP) is 4.66. The van der Waals surface area contributed by atoms with E-state index in [0.29, 0.717) is 11.1 Å². The molecular weight excluding hydrogens is 536 g/mol. The summed E-state index contributed by atoms with van der Waals surface area (Å²) in [7, 11) is 7.00. The summed E-state index contributed by atoms with van der Waals surface area (Å²) in [4.78, 5) is 25.6. The smallest absolute Gasteiger partial charge is 0.334 e.